The topological polar surface area (TPSA) is 20.2 Å². The maximum atomic E-state index is 9.53. The van der Waals surface area contributed by atoms with Crippen molar-refractivity contribution in [2.24, 2.45) is 11.8 Å². The molecule has 1 fully saturated rings. The summed E-state index contributed by atoms with van der Waals surface area (Å²) in [5, 5.41) is 9.53. The van der Waals surface area contributed by atoms with Gasteiger partial charge in [-0.05, 0) is 24.7 Å². The number of hydrogen-bond acceptors (Lipinski definition) is 1. The molecule has 1 aliphatic rings. The van der Waals surface area contributed by atoms with Crippen LogP contribution in [0.3, 0.4) is 0 Å². The first-order chi connectivity index (χ1) is 4.75. The summed E-state index contributed by atoms with van der Waals surface area (Å²) < 4.78 is 0. The molecule has 2 unspecified atom stereocenters. The van der Waals surface area contributed by atoms with Crippen LogP contribution in [0.25, 0.3) is 0 Å². The van der Waals surface area contributed by atoms with Crippen LogP contribution in [0.5, 0.6) is 0 Å². The molecule has 0 aliphatic heterocycles. The van der Waals surface area contributed by atoms with Crippen molar-refractivity contribution in [3.8, 4) is 0 Å². The lowest BCUT2D eigenvalue weighted by molar-refractivity contribution is 0.0865. The molecule has 3 atom stereocenters. The molecule has 0 heterocycles. The van der Waals surface area contributed by atoms with Gasteiger partial charge in [0.05, 0.1) is 6.10 Å². The smallest absolute Gasteiger partial charge is 0.0568 e. The van der Waals surface area contributed by atoms with Gasteiger partial charge in [-0.1, -0.05) is 26.7 Å². The number of rotatable bonds is 2. The third-order valence-electron chi connectivity index (χ3n) is 2.84. The highest BCUT2D eigenvalue weighted by Gasteiger charge is 2.28. The van der Waals surface area contributed by atoms with E-state index >= 15 is 0 Å². The predicted octanol–water partition coefficient (Wildman–Crippen LogP) is 2.19. The number of aliphatic hydroxyl groups excluding tert-OH is 1. The van der Waals surface area contributed by atoms with E-state index < -0.39 is 0 Å². The molecule has 0 saturated heterocycles. The van der Waals surface area contributed by atoms with E-state index in [-0.39, 0.29) is 6.10 Å². The summed E-state index contributed by atoms with van der Waals surface area (Å²) in [6, 6.07) is 0. The summed E-state index contributed by atoms with van der Waals surface area (Å²) in [4.78, 5) is 0. The number of aliphatic hydroxyl groups is 1. The van der Waals surface area contributed by atoms with E-state index in [0.717, 1.165) is 12.3 Å². The van der Waals surface area contributed by atoms with Gasteiger partial charge in [0.1, 0.15) is 0 Å². The van der Waals surface area contributed by atoms with Crippen molar-refractivity contribution in [3.63, 3.8) is 0 Å². The molecule has 1 rings (SSSR count). The lowest BCUT2D eigenvalue weighted by Gasteiger charge is -2.20. The lowest BCUT2D eigenvalue weighted by Crippen LogP contribution is -2.21. The molecule has 10 heavy (non-hydrogen) atoms. The quantitative estimate of drug-likeness (QED) is 0.626. The molecule has 60 valence electrons. The summed E-state index contributed by atoms with van der Waals surface area (Å²) in [5.74, 6) is 1.36. The van der Waals surface area contributed by atoms with Crippen LogP contribution >= 0.6 is 0 Å². The van der Waals surface area contributed by atoms with Crippen LogP contribution in [-0.4, -0.2) is 11.2 Å². The largest absolute Gasteiger partial charge is 0.393 e. The van der Waals surface area contributed by atoms with Gasteiger partial charge in [0.2, 0.25) is 0 Å². The van der Waals surface area contributed by atoms with Crippen molar-refractivity contribution in [3.05, 3.63) is 0 Å². The van der Waals surface area contributed by atoms with E-state index in [1.807, 2.05) is 0 Å². The monoisotopic (exact) mass is 142 g/mol. The first kappa shape index (κ1) is 8.06. The summed E-state index contributed by atoms with van der Waals surface area (Å²) in [6.07, 6.45) is 4.79. The van der Waals surface area contributed by atoms with E-state index in [9.17, 15) is 5.11 Å². The van der Waals surface area contributed by atoms with E-state index in [0.29, 0.717) is 5.92 Å². The minimum absolute atomic E-state index is 0.0301. The summed E-state index contributed by atoms with van der Waals surface area (Å²) in [5.41, 5.74) is 0. The van der Waals surface area contributed by atoms with Crippen molar-refractivity contribution in [2.75, 3.05) is 0 Å². The molecular weight excluding hydrogens is 124 g/mol. The second-order valence-corrected chi connectivity index (χ2v) is 3.55. The fraction of sp³-hybridized carbons (Fsp3) is 1.00. The van der Waals surface area contributed by atoms with E-state index in [2.05, 4.69) is 13.8 Å². The second kappa shape index (κ2) is 3.38. The predicted molar refractivity (Wildman–Crippen MR) is 42.8 cm³/mol. The van der Waals surface area contributed by atoms with Gasteiger partial charge in [0.15, 0.2) is 0 Å². The van der Waals surface area contributed by atoms with Crippen LogP contribution in [0.1, 0.15) is 39.5 Å². The van der Waals surface area contributed by atoms with Crippen LogP contribution in [0.4, 0.5) is 0 Å². The van der Waals surface area contributed by atoms with Crippen LogP contribution in [0, 0.1) is 11.8 Å². The molecule has 0 aromatic carbocycles. The Morgan fingerprint density at radius 1 is 1.50 bits per heavy atom. The van der Waals surface area contributed by atoms with Gasteiger partial charge in [-0.3, -0.25) is 0 Å². The number of hydrogen-bond donors (Lipinski definition) is 1. The van der Waals surface area contributed by atoms with Crippen LogP contribution in [0.2, 0.25) is 0 Å². The van der Waals surface area contributed by atoms with Gasteiger partial charge < -0.3 is 5.11 Å². The molecule has 0 spiro atoms. The van der Waals surface area contributed by atoms with Crippen molar-refractivity contribution in [2.45, 2.75) is 45.6 Å². The Hall–Kier alpha value is -0.0400. The van der Waals surface area contributed by atoms with Gasteiger partial charge in [0, 0.05) is 0 Å². The maximum Gasteiger partial charge on any atom is 0.0568 e. The summed E-state index contributed by atoms with van der Waals surface area (Å²) in [6.45, 7) is 4.33. The lowest BCUT2D eigenvalue weighted by atomic mass is 9.91. The average Bonchev–Trinajstić information content (AvgIpc) is 2.34. The van der Waals surface area contributed by atoms with Gasteiger partial charge >= 0.3 is 0 Å². The van der Waals surface area contributed by atoms with E-state index in [4.69, 9.17) is 0 Å². The fourth-order valence-corrected chi connectivity index (χ4v) is 2.05. The normalized spacial score (nSPS) is 36.3. The zero-order chi connectivity index (χ0) is 7.56. The molecule has 0 aromatic heterocycles. The molecule has 0 aromatic rings. The Bertz CT molecular complexity index is 101. The van der Waals surface area contributed by atoms with Crippen molar-refractivity contribution in [1.29, 1.82) is 0 Å². The third kappa shape index (κ3) is 1.51. The molecule has 1 saturated carbocycles. The highest BCUT2D eigenvalue weighted by Crippen LogP contribution is 2.34. The zero-order valence-electron chi connectivity index (χ0n) is 7.01. The maximum absolute atomic E-state index is 9.53. The minimum atomic E-state index is -0.0301. The van der Waals surface area contributed by atoms with Gasteiger partial charge in [-0.25, -0.2) is 0 Å². The third-order valence-corrected chi connectivity index (χ3v) is 2.84. The standard InChI is InChI=1S/C9H18O/c1-3-9(10)8-6-4-5-7(8)2/h7-10H,3-6H2,1-2H3/t7?,8?,9-/m1/s1. The van der Waals surface area contributed by atoms with Crippen molar-refractivity contribution in [1.82, 2.24) is 0 Å². The van der Waals surface area contributed by atoms with Crippen LogP contribution in [-0.2, 0) is 0 Å². The van der Waals surface area contributed by atoms with Crippen LogP contribution in [0.15, 0.2) is 0 Å². The Labute approximate surface area is 63.4 Å². The van der Waals surface area contributed by atoms with Gasteiger partial charge in [-0.15, -0.1) is 0 Å². The molecule has 0 radical (unpaired) electrons. The highest BCUT2D eigenvalue weighted by molar-refractivity contribution is 4.79. The van der Waals surface area contributed by atoms with E-state index in [1.165, 1.54) is 19.3 Å². The molecule has 0 amide bonds. The Balaban J connectivity index is 2.38. The Morgan fingerprint density at radius 2 is 2.20 bits per heavy atom. The molecule has 1 N–H and O–H groups in total. The van der Waals surface area contributed by atoms with E-state index in [1.54, 1.807) is 0 Å². The Morgan fingerprint density at radius 3 is 2.60 bits per heavy atom. The fourth-order valence-electron chi connectivity index (χ4n) is 2.05. The minimum Gasteiger partial charge on any atom is -0.393 e. The first-order valence-corrected chi connectivity index (χ1v) is 4.43. The molecule has 1 aliphatic carbocycles. The molecular formula is C9H18O. The first-order valence-electron chi connectivity index (χ1n) is 4.43. The van der Waals surface area contributed by atoms with Crippen molar-refractivity contribution < 1.29 is 5.11 Å². The van der Waals surface area contributed by atoms with Crippen LogP contribution < -0.4 is 0 Å². The molecule has 1 heteroatoms. The van der Waals surface area contributed by atoms with Gasteiger partial charge in [-0.2, -0.15) is 0 Å². The highest BCUT2D eigenvalue weighted by atomic mass is 16.3. The summed E-state index contributed by atoms with van der Waals surface area (Å²) in [7, 11) is 0. The second-order valence-electron chi connectivity index (χ2n) is 3.55. The van der Waals surface area contributed by atoms with Gasteiger partial charge in [0.25, 0.3) is 0 Å². The Kier molecular flexibility index (Phi) is 2.72. The molecule has 1 nitrogen and oxygen atoms in total. The van der Waals surface area contributed by atoms with Crippen molar-refractivity contribution >= 4 is 0 Å². The zero-order valence-corrected chi connectivity index (χ0v) is 7.01. The SMILES string of the molecule is CC[C@@H](O)C1CCCC1C. The summed E-state index contributed by atoms with van der Waals surface area (Å²) >= 11 is 0. The average molecular weight is 142 g/mol. The molecule has 0 bridgehead atoms.